The molecule has 192 valence electrons. The average Bonchev–Trinajstić information content (AvgIpc) is 2.84. The van der Waals surface area contributed by atoms with E-state index in [1.807, 2.05) is 18.2 Å². The van der Waals surface area contributed by atoms with Crippen LogP contribution in [0.25, 0.3) is 11.1 Å². The Morgan fingerprint density at radius 1 is 0.750 bits per heavy atom. The normalized spacial score (nSPS) is 10.4. The third-order valence-corrected chi connectivity index (χ3v) is 4.66. The first-order chi connectivity index (χ1) is 17.1. The summed E-state index contributed by atoms with van der Waals surface area (Å²) >= 11 is 0. The molecule has 0 bridgehead atoms. The van der Waals surface area contributed by atoms with Crippen molar-refractivity contribution < 1.29 is 38.1 Å². The molecule has 2 aromatic rings. The molecule has 36 heavy (non-hydrogen) atoms. The van der Waals surface area contributed by atoms with Crippen LogP contribution >= 0.6 is 0 Å². The number of hydrogen-bond acceptors (Lipinski definition) is 8. The van der Waals surface area contributed by atoms with Crippen LogP contribution in [-0.2, 0) is 23.9 Å². The molecule has 8 heteroatoms. The van der Waals surface area contributed by atoms with Crippen LogP contribution in [0.15, 0.2) is 66.8 Å². The highest BCUT2D eigenvalue weighted by Crippen LogP contribution is 2.34. The lowest BCUT2D eigenvalue weighted by Gasteiger charge is -2.15. The van der Waals surface area contributed by atoms with Gasteiger partial charge in [-0.25, -0.2) is 9.59 Å². The van der Waals surface area contributed by atoms with Crippen LogP contribution in [0.4, 0.5) is 0 Å². The maximum absolute atomic E-state index is 11.8. The van der Waals surface area contributed by atoms with E-state index in [1.165, 1.54) is 0 Å². The molecule has 0 heterocycles. The maximum Gasteiger partial charge on any atom is 0.333 e. The first-order valence-corrected chi connectivity index (χ1v) is 11.5. The fourth-order valence-corrected chi connectivity index (χ4v) is 2.71. The van der Waals surface area contributed by atoms with E-state index < -0.39 is 11.9 Å². The molecule has 0 N–H and O–H groups in total. The highest BCUT2D eigenvalue weighted by atomic mass is 16.6. The van der Waals surface area contributed by atoms with Gasteiger partial charge in [-0.3, -0.25) is 4.79 Å². The fraction of sp³-hybridized carbons (Fsp3) is 0.321. The predicted molar refractivity (Wildman–Crippen MR) is 135 cm³/mol. The van der Waals surface area contributed by atoms with Gasteiger partial charge in [-0.15, -0.1) is 0 Å². The van der Waals surface area contributed by atoms with E-state index in [0.717, 1.165) is 11.1 Å². The summed E-state index contributed by atoms with van der Waals surface area (Å²) in [7, 11) is 0. The van der Waals surface area contributed by atoms with Crippen LogP contribution in [-0.4, -0.2) is 44.3 Å². The maximum atomic E-state index is 11.8. The minimum Gasteiger partial charge on any atom is -0.490 e. The number of carbonyl (C=O) groups is 3. The molecule has 0 radical (unpaired) electrons. The second-order valence-corrected chi connectivity index (χ2v) is 8.29. The lowest BCUT2D eigenvalue weighted by Crippen LogP contribution is -2.14. The van der Waals surface area contributed by atoms with Crippen LogP contribution < -0.4 is 14.2 Å². The van der Waals surface area contributed by atoms with E-state index in [-0.39, 0.29) is 38.3 Å². The molecule has 0 unspecified atom stereocenters. The quantitative estimate of drug-likeness (QED) is 0.167. The fourth-order valence-electron chi connectivity index (χ4n) is 2.71. The van der Waals surface area contributed by atoms with Crippen molar-refractivity contribution in [3.8, 4) is 28.4 Å². The molecule has 2 rings (SSSR count). The number of esters is 3. The van der Waals surface area contributed by atoms with Gasteiger partial charge in [-0.1, -0.05) is 39.1 Å². The van der Waals surface area contributed by atoms with Crippen molar-refractivity contribution in [1.29, 1.82) is 0 Å². The Kier molecular flexibility index (Phi) is 10.7. The van der Waals surface area contributed by atoms with Gasteiger partial charge in [-0.05, 0) is 43.7 Å². The van der Waals surface area contributed by atoms with E-state index in [9.17, 15) is 14.4 Å². The number of hydrogen-bond donors (Lipinski definition) is 0. The van der Waals surface area contributed by atoms with Crippen LogP contribution in [0.5, 0.6) is 17.2 Å². The average molecular weight is 497 g/mol. The number of benzene rings is 2. The van der Waals surface area contributed by atoms with Gasteiger partial charge in [-0.2, -0.15) is 0 Å². The van der Waals surface area contributed by atoms with Gasteiger partial charge < -0.3 is 23.7 Å². The highest BCUT2D eigenvalue weighted by Gasteiger charge is 2.13. The Morgan fingerprint density at radius 2 is 1.28 bits per heavy atom. The lowest BCUT2D eigenvalue weighted by molar-refractivity contribution is -0.140. The second kappa shape index (κ2) is 13.7. The van der Waals surface area contributed by atoms with Crippen molar-refractivity contribution in [1.82, 2.24) is 0 Å². The van der Waals surface area contributed by atoms with Crippen molar-refractivity contribution in [2.24, 2.45) is 5.92 Å². The van der Waals surface area contributed by atoms with Gasteiger partial charge >= 0.3 is 17.9 Å². The highest BCUT2D eigenvalue weighted by molar-refractivity contribution is 5.87. The Balaban J connectivity index is 2.14. The van der Waals surface area contributed by atoms with Gasteiger partial charge in [0.25, 0.3) is 0 Å². The molecule has 2 aromatic carbocycles. The minimum atomic E-state index is -0.494. The SMILES string of the molecule is C=C(C)C(=O)OCCOc1ccc(-c2ccc(OC(=O)C(C)C)cc2)c(OCCOC(=O)C(=C)C)c1. The Morgan fingerprint density at radius 3 is 1.81 bits per heavy atom. The van der Waals surface area contributed by atoms with E-state index in [2.05, 4.69) is 13.2 Å². The van der Waals surface area contributed by atoms with Crippen LogP contribution in [0, 0.1) is 5.92 Å². The van der Waals surface area contributed by atoms with Gasteiger partial charge in [0.15, 0.2) is 0 Å². The Labute approximate surface area is 211 Å². The molecule has 0 aromatic heterocycles. The smallest absolute Gasteiger partial charge is 0.333 e. The molecule has 8 nitrogen and oxygen atoms in total. The molecule has 0 saturated carbocycles. The van der Waals surface area contributed by atoms with E-state index in [0.29, 0.717) is 28.4 Å². The summed E-state index contributed by atoms with van der Waals surface area (Å²) in [6, 6.07) is 12.3. The first-order valence-electron chi connectivity index (χ1n) is 11.5. The summed E-state index contributed by atoms with van der Waals surface area (Å²) in [5.41, 5.74) is 2.18. The molecule has 0 fully saturated rings. The molecule has 0 aliphatic rings. The van der Waals surface area contributed by atoms with E-state index in [1.54, 1.807) is 52.0 Å². The Hall–Kier alpha value is -4.07. The lowest BCUT2D eigenvalue weighted by atomic mass is 10.0. The van der Waals surface area contributed by atoms with Crippen molar-refractivity contribution in [2.75, 3.05) is 26.4 Å². The van der Waals surface area contributed by atoms with Crippen molar-refractivity contribution in [3.05, 3.63) is 66.8 Å². The zero-order chi connectivity index (χ0) is 26.7. The Bertz CT molecular complexity index is 1100. The zero-order valence-corrected chi connectivity index (χ0v) is 21.1. The van der Waals surface area contributed by atoms with Gasteiger partial charge in [0.1, 0.15) is 43.7 Å². The molecule has 0 aliphatic carbocycles. The number of carbonyl (C=O) groups excluding carboxylic acids is 3. The molecule has 0 saturated heterocycles. The van der Waals surface area contributed by atoms with Gasteiger partial charge in [0, 0.05) is 22.8 Å². The van der Waals surface area contributed by atoms with Crippen LogP contribution in [0.1, 0.15) is 27.7 Å². The van der Waals surface area contributed by atoms with Crippen LogP contribution in [0.3, 0.4) is 0 Å². The summed E-state index contributed by atoms with van der Waals surface area (Å²) in [5, 5.41) is 0. The summed E-state index contributed by atoms with van der Waals surface area (Å²) in [6.45, 7) is 14.1. The van der Waals surface area contributed by atoms with Crippen molar-refractivity contribution >= 4 is 17.9 Å². The third kappa shape index (κ3) is 8.94. The molecular weight excluding hydrogens is 464 g/mol. The summed E-state index contributed by atoms with van der Waals surface area (Å²) in [4.78, 5) is 35.0. The monoisotopic (exact) mass is 496 g/mol. The number of ether oxygens (including phenoxy) is 5. The minimum absolute atomic E-state index is 0.0389. The second-order valence-electron chi connectivity index (χ2n) is 8.29. The standard InChI is InChI=1S/C28H32O8/c1-18(2)26(29)34-15-13-32-23-11-12-24(25(17-23)33-14-16-35-27(30)19(3)4)21-7-9-22(10-8-21)36-28(31)20(5)6/h7-12,17,20H,1,3,13-16H2,2,4-6H3. The topological polar surface area (TPSA) is 97.4 Å². The predicted octanol–water partition coefficient (Wildman–Crippen LogP) is 4.91. The first kappa shape index (κ1) is 28.2. The van der Waals surface area contributed by atoms with Crippen molar-refractivity contribution in [3.63, 3.8) is 0 Å². The molecule has 0 atom stereocenters. The van der Waals surface area contributed by atoms with Gasteiger partial charge in [0.2, 0.25) is 0 Å². The van der Waals surface area contributed by atoms with Crippen LogP contribution in [0.2, 0.25) is 0 Å². The van der Waals surface area contributed by atoms with E-state index >= 15 is 0 Å². The molecule has 0 spiro atoms. The third-order valence-electron chi connectivity index (χ3n) is 4.66. The largest absolute Gasteiger partial charge is 0.490 e. The zero-order valence-electron chi connectivity index (χ0n) is 21.1. The molecule has 0 aliphatic heterocycles. The summed E-state index contributed by atoms with van der Waals surface area (Å²) < 4.78 is 27.1. The summed E-state index contributed by atoms with van der Waals surface area (Å²) in [5.74, 6) is -0.0919. The molecule has 0 amide bonds. The summed E-state index contributed by atoms with van der Waals surface area (Å²) in [6.07, 6.45) is 0. The number of rotatable bonds is 13. The van der Waals surface area contributed by atoms with Crippen molar-refractivity contribution in [2.45, 2.75) is 27.7 Å². The molecular formula is C28H32O8. The van der Waals surface area contributed by atoms with E-state index in [4.69, 9.17) is 23.7 Å². The van der Waals surface area contributed by atoms with Gasteiger partial charge in [0.05, 0.1) is 5.92 Å².